The maximum Gasteiger partial charge on any atom is 0.335 e. The monoisotopic (exact) mass is 307 g/mol. The van der Waals surface area contributed by atoms with Gasteiger partial charge in [-0.2, -0.15) is 5.10 Å². The Kier molecular flexibility index (Phi) is 3.85. The summed E-state index contributed by atoms with van der Waals surface area (Å²) in [5, 5.41) is 13.4. The van der Waals surface area contributed by atoms with E-state index in [-0.39, 0.29) is 5.56 Å². The summed E-state index contributed by atoms with van der Waals surface area (Å²) < 4.78 is 1.68. The third-order valence-electron chi connectivity index (χ3n) is 3.66. The predicted molar refractivity (Wildman–Crippen MR) is 90.3 cm³/mol. The lowest BCUT2D eigenvalue weighted by Gasteiger charge is -2.12. The Labute approximate surface area is 134 Å². The van der Waals surface area contributed by atoms with Crippen LogP contribution in [-0.4, -0.2) is 35.0 Å². The quantitative estimate of drug-likeness (QED) is 0.803. The van der Waals surface area contributed by atoms with E-state index in [0.717, 1.165) is 22.5 Å². The van der Waals surface area contributed by atoms with Gasteiger partial charge in [0.2, 0.25) is 0 Å². The van der Waals surface area contributed by atoms with Crippen molar-refractivity contribution in [3.8, 4) is 16.8 Å². The van der Waals surface area contributed by atoms with Crippen molar-refractivity contribution in [2.75, 3.05) is 19.0 Å². The van der Waals surface area contributed by atoms with Gasteiger partial charge < -0.3 is 10.0 Å². The summed E-state index contributed by atoms with van der Waals surface area (Å²) >= 11 is 0. The number of nitrogens with zero attached hydrogens (tertiary/aromatic N) is 3. The fourth-order valence-corrected chi connectivity index (χ4v) is 2.35. The van der Waals surface area contributed by atoms with Crippen LogP contribution in [0.2, 0.25) is 0 Å². The van der Waals surface area contributed by atoms with Crippen LogP contribution in [0.1, 0.15) is 10.4 Å². The molecule has 1 aromatic heterocycles. The van der Waals surface area contributed by atoms with Crippen LogP contribution < -0.4 is 4.90 Å². The number of benzene rings is 2. The minimum atomic E-state index is -0.946. The van der Waals surface area contributed by atoms with Gasteiger partial charge >= 0.3 is 5.97 Å². The average Bonchev–Trinajstić information content (AvgIpc) is 3.05. The molecule has 1 heterocycles. The molecule has 23 heavy (non-hydrogen) atoms. The lowest BCUT2D eigenvalue weighted by Crippen LogP contribution is -2.07. The summed E-state index contributed by atoms with van der Waals surface area (Å²) in [6.45, 7) is 0. The first-order valence-corrected chi connectivity index (χ1v) is 7.21. The van der Waals surface area contributed by atoms with E-state index in [1.165, 1.54) is 0 Å². The molecule has 0 radical (unpaired) electrons. The zero-order chi connectivity index (χ0) is 16.4. The van der Waals surface area contributed by atoms with Crippen molar-refractivity contribution in [3.05, 3.63) is 66.5 Å². The van der Waals surface area contributed by atoms with Crippen molar-refractivity contribution in [1.82, 2.24) is 9.78 Å². The molecule has 2 aromatic carbocycles. The molecule has 0 bridgehead atoms. The average molecular weight is 307 g/mol. The van der Waals surface area contributed by atoms with Gasteiger partial charge in [0.1, 0.15) is 0 Å². The predicted octanol–water partition coefficient (Wildman–Crippen LogP) is 3.30. The molecule has 116 valence electrons. The lowest BCUT2D eigenvalue weighted by atomic mass is 10.1. The number of hydrogen-bond acceptors (Lipinski definition) is 3. The van der Waals surface area contributed by atoms with Crippen LogP contribution in [-0.2, 0) is 0 Å². The van der Waals surface area contributed by atoms with Crippen molar-refractivity contribution < 1.29 is 9.90 Å². The number of aromatic nitrogens is 2. The van der Waals surface area contributed by atoms with Crippen molar-refractivity contribution >= 4 is 11.7 Å². The molecular formula is C18H17N3O2. The van der Waals surface area contributed by atoms with Gasteiger partial charge in [0.25, 0.3) is 0 Å². The van der Waals surface area contributed by atoms with E-state index in [1.807, 2.05) is 43.4 Å². The van der Waals surface area contributed by atoms with Crippen molar-refractivity contribution in [3.63, 3.8) is 0 Å². The van der Waals surface area contributed by atoms with E-state index in [2.05, 4.69) is 17.2 Å². The third-order valence-corrected chi connectivity index (χ3v) is 3.66. The number of hydrogen-bond donors (Lipinski definition) is 1. The molecule has 5 nitrogen and oxygen atoms in total. The Morgan fingerprint density at radius 3 is 2.48 bits per heavy atom. The van der Waals surface area contributed by atoms with E-state index in [0.29, 0.717) is 0 Å². The highest BCUT2D eigenvalue weighted by molar-refractivity contribution is 5.88. The first-order chi connectivity index (χ1) is 11.0. The summed E-state index contributed by atoms with van der Waals surface area (Å²) in [4.78, 5) is 13.1. The molecule has 5 heteroatoms. The molecule has 0 aliphatic carbocycles. The molecule has 0 saturated heterocycles. The van der Waals surface area contributed by atoms with Crippen LogP contribution in [0.3, 0.4) is 0 Å². The Bertz CT molecular complexity index is 835. The molecule has 3 rings (SSSR count). The molecule has 0 saturated carbocycles. The van der Waals surface area contributed by atoms with Crippen LogP contribution >= 0.6 is 0 Å². The van der Waals surface area contributed by atoms with E-state index in [9.17, 15) is 4.79 Å². The van der Waals surface area contributed by atoms with Crippen LogP contribution in [0.15, 0.2) is 60.9 Å². The first-order valence-electron chi connectivity index (χ1n) is 7.21. The second-order valence-electron chi connectivity index (χ2n) is 5.47. The number of aromatic carboxylic acids is 1. The van der Waals surface area contributed by atoms with Gasteiger partial charge in [0, 0.05) is 31.5 Å². The zero-order valence-corrected chi connectivity index (χ0v) is 13.0. The minimum absolute atomic E-state index is 0.245. The molecule has 0 aliphatic heterocycles. The minimum Gasteiger partial charge on any atom is -0.478 e. The molecule has 0 unspecified atom stereocenters. The molecule has 1 N–H and O–H groups in total. The van der Waals surface area contributed by atoms with Gasteiger partial charge in [0.15, 0.2) is 0 Å². The van der Waals surface area contributed by atoms with E-state index in [1.54, 1.807) is 29.1 Å². The maximum atomic E-state index is 11.1. The fourth-order valence-electron chi connectivity index (χ4n) is 2.35. The molecule has 0 aliphatic rings. The molecular weight excluding hydrogens is 290 g/mol. The van der Waals surface area contributed by atoms with Crippen LogP contribution in [0.5, 0.6) is 0 Å². The lowest BCUT2D eigenvalue weighted by molar-refractivity contribution is 0.0697. The van der Waals surface area contributed by atoms with E-state index >= 15 is 0 Å². The van der Waals surface area contributed by atoms with Gasteiger partial charge in [-0.1, -0.05) is 18.2 Å². The molecule has 0 spiro atoms. The Balaban J connectivity index is 1.91. The van der Waals surface area contributed by atoms with Gasteiger partial charge in [0.05, 0.1) is 17.4 Å². The second-order valence-corrected chi connectivity index (χ2v) is 5.47. The Hall–Kier alpha value is -3.08. The summed E-state index contributed by atoms with van der Waals surface area (Å²) in [6, 6.07) is 14.9. The molecule has 3 aromatic rings. The summed E-state index contributed by atoms with van der Waals surface area (Å²) in [7, 11) is 4.00. The number of rotatable bonds is 4. The van der Waals surface area contributed by atoms with E-state index in [4.69, 9.17) is 5.11 Å². The zero-order valence-electron chi connectivity index (χ0n) is 13.0. The maximum absolute atomic E-state index is 11.1. The number of carboxylic acids is 1. The third kappa shape index (κ3) is 3.08. The van der Waals surface area contributed by atoms with Crippen molar-refractivity contribution in [2.45, 2.75) is 0 Å². The first kappa shape index (κ1) is 14.8. The topological polar surface area (TPSA) is 58.4 Å². The Morgan fingerprint density at radius 2 is 1.83 bits per heavy atom. The largest absolute Gasteiger partial charge is 0.478 e. The highest BCUT2D eigenvalue weighted by Crippen LogP contribution is 2.23. The van der Waals surface area contributed by atoms with Crippen LogP contribution in [0, 0.1) is 0 Å². The highest BCUT2D eigenvalue weighted by atomic mass is 16.4. The SMILES string of the molecule is CN(C)c1ccc(-c2cnn(-c3cccc(C(=O)O)c3)c2)cc1. The summed E-state index contributed by atoms with van der Waals surface area (Å²) in [5.74, 6) is -0.946. The fraction of sp³-hybridized carbons (Fsp3) is 0.111. The second kappa shape index (κ2) is 5.96. The molecule has 0 atom stereocenters. The molecule has 0 amide bonds. The smallest absolute Gasteiger partial charge is 0.335 e. The van der Waals surface area contributed by atoms with Gasteiger partial charge in [-0.05, 0) is 35.9 Å². The number of anilines is 1. The summed E-state index contributed by atoms with van der Waals surface area (Å²) in [5.41, 5.74) is 4.15. The van der Waals surface area contributed by atoms with Gasteiger partial charge in [-0.25, -0.2) is 9.48 Å². The standard InChI is InChI=1S/C18H17N3O2/c1-20(2)16-8-6-13(7-9-16)15-11-19-21(12-15)17-5-3-4-14(10-17)18(22)23/h3-12H,1-2H3,(H,22,23). The Morgan fingerprint density at radius 1 is 1.09 bits per heavy atom. The van der Waals surface area contributed by atoms with Gasteiger partial charge in [-0.3, -0.25) is 0 Å². The molecule has 0 fully saturated rings. The normalized spacial score (nSPS) is 10.5. The van der Waals surface area contributed by atoms with Crippen molar-refractivity contribution in [1.29, 1.82) is 0 Å². The number of carboxylic acid groups (broad SMARTS) is 1. The van der Waals surface area contributed by atoms with Crippen LogP contribution in [0.4, 0.5) is 5.69 Å². The number of carbonyl (C=O) groups is 1. The van der Waals surface area contributed by atoms with E-state index < -0.39 is 5.97 Å². The van der Waals surface area contributed by atoms with Crippen molar-refractivity contribution in [2.24, 2.45) is 0 Å². The highest BCUT2D eigenvalue weighted by Gasteiger charge is 2.07. The van der Waals surface area contributed by atoms with Gasteiger partial charge in [-0.15, -0.1) is 0 Å². The summed E-state index contributed by atoms with van der Waals surface area (Å²) in [6.07, 6.45) is 3.67. The van der Waals surface area contributed by atoms with Crippen LogP contribution in [0.25, 0.3) is 16.8 Å².